The molecule has 1 saturated heterocycles. The standard InChI is InChI=1S/C19H26N4O3/c1-14(2)17(22-7-9-26-10-8-22)11-20-18(24)12-23-13-21-16-6-4-3-5-15(16)19(23)25/h3-6,13-14,17H,7-12H2,1-2H3,(H,20,24). The second kappa shape index (κ2) is 8.42. The van der Waals surface area contributed by atoms with Crippen LogP contribution in [0.25, 0.3) is 10.9 Å². The van der Waals surface area contributed by atoms with Crippen molar-refractivity contribution in [3.8, 4) is 0 Å². The van der Waals surface area contributed by atoms with Gasteiger partial charge in [-0.05, 0) is 18.1 Å². The van der Waals surface area contributed by atoms with Crippen molar-refractivity contribution >= 4 is 16.8 Å². The molecule has 1 aliphatic rings. The predicted molar refractivity (Wildman–Crippen MR) is 100 cm³/mol. The molecule has 3 rings (SSSR count). The predicted octanol–water partition coefficient (Wildman–Crippen LogP) is 0.869. The zero-order chi connectivity index (χ0) is 18.5. The summed E-state index contributed by atoms with van der Waals surface area (Å²) in [5, 5.41) is 3.50. The van der Waals surface area contributed by atoms with E-state index in [9.17, 15) is 9.59 Å². The normalized spacial score (nSPS) is 16.7. The second-order valence-corrected chi connectivity index (χ2v) is 6.96. The van der Waals surface area contributed by atoms with Gasteiger partial charge in [-0.25, -0.2) is 4.98 Å². The van der Waals surface area contributed by atoms with Crippen LogP contribution in [0.2, 0.25) is 0 Å². The fourth-order valence-electron chi connectivity index (χ4n) is 3.34. The van der Waals surface area contributed by atoms with Crippen molar-refractivity contribution < 1.29 is 9.53 Å². The maximum Gasteiger partial charge on any atom is 0.261 e. The highest BCUT2D eigenvalue weighted by atomic mass is 16.5. The van der Waals surface area contributed by atoms with Crippen molar-refractivity contribution in [1.29, 1.82) is 0 Å². The summed E-state index contributed by atoms with van der Waals surface area (Å²) in [6.07, 6.45) is 1.44. The van der Waals surface area contributed by atoms with E-state index in [1.165, 1.54) is 10.9 Å². The Morgan fingerprint density at radius 2 is 2.00 bits per heavy atom. The lowest BCUT2D eigenvalue weighted by molar-refractivity contribution is -0.122. The van der Waals surface area contributed by atoms with Gasteiger partial charge in [0.15, 0.2) is 0 Å². The lowest BCUT2D eigenvalue weighted by Crippen LogP contribution is -2.51. The minimum Gasteiger partial charge on any atom is -0.379 e. The van der Waals surface area contributed by atoms with Crippen LogP contribution in [0.4, 0.5) is 0 Å². The van der Waals surface area contributed by atoms with Crippen LogP contribution in [0.5, 0.6) is 0 Å². The van der Waals surface area contributed by atoms with Crippen molar-refractivity contribution in [3.05, 3.63) is 40.9 Å². The van der Waals surface area contributed by atoms with Crippen LogP contribution in [0.15, 0.2) is 35.4 Å². The minimum atomic E-state index is -0.195. The number of ether oxygens (including phenoxy) is 1. The van der Waals surface area contributed by atoms with Gasteiger partial charge in [0.1, 0.15) is 6.54 Å². The Morgan fingerprint density at radius 3 is 2.73 bits per heavy atom. The molecular weight excluding hydrogens is 332 g/mol. The lowest BCUT2D eigenvalue weighted by Gasteiger charge is -2.36. The molecule has 0 radical (unpaired) electrons. The molecule has 1 aliphatic heterocycles. The molecule has 1 N–H and O–H groups in total. The van der Waals surface area contributed by atoms with E-state index < -0.39 is 0 Å². The average molecular weight is 358 g/mol. The van der Waals surface area contributed by atoms with Gasteiger partial charge in [-0.3, -0.25) is 19.1 Å². The molecule has 1 unspecified atom stereocenters. The first-order valence-corrected chi connectivity index (χ1v) is 9.09. The Labute approximate surface area is 153 Å². The summed E-state index contributed by atoms with van der Waals surface area (Å²) in [6.45, 7) is 8.08. The minimum absolute atomic E-state index is 0.0232. The van der Waals surface area contributed by atoms with E-state index in [1.54, 1.807) is 18.2 Å². The van der Waals surface area contributed by atoms with E-state index in [-0.39, 0.29) is 24.1 Å². The topological polar surface area (TPSA) is 76.5 Å². The zero-order valence-electron chi connectivity index (χ0n) is 15.4. The molecular formula is C19H26N4O3. The number of benzene rings is 1. The quantitative estimate of drug-likeness (QED) is 0.829. The van der Waals surface area contributed by atoms with Crippen molar-refractivity contribution in [3.63, 3.8) is 0 Å². The van der Waals surface area contributed by atoms with Crippen LogP contribution < -0.4 is 10.9 Å². The molecule has 1 aromatic carbocycles. The first-order chi connectivity index (χ1) is 12.6. The first-order valence-electron chi connectivity index (χ1n) is 9.09. The van der Waals surface area contributed by atoms with Gasteiger partial charge in [-0.2, -0.15) is 0 Å². The van der Waals surface area contributed by atoms with Crippen LogP contribution in [0, 0.1) is 5.92 Å². The summed E-state index contributed by atoms with van der Waals surface area (Å²) in [6, 6.07) is 7.41. The summed E-state index contributed by atoms with van der Waals surface area (Å²) in [5.41, 5.74) is 0.445. The molecule has 1 aromatic heterocycles. The molecule has 140 valence electrons. The molecule has 7 heteroatoms. The van der Waals surface area contributed by atoms with Gasteiger partial charge < -0.3 is 10.1 Å². The summed E-state index contributed by atoms with van der Waals surface area (Å²) in [5.74, 6) is 0.238. The Bertz CT molecular complexity index is 812. The molecule has 2 aromatic rings. The van der Waals surface area contributed by atoms with Crippen molar-refractivity contribution in [2.45, 2.75) is 26.4 Å². The summed E-state index contributed by atoms with van der Waals surface area (Å²) in [4.78, 5) is 31.5. The average Bonchev–Trinajstić information content (AvgIpc) is 2.65. The highest BCUT2D eigenvalue weighted by Crippen LogP contribution is 2.12. The van der Waals surface area contributed by atoms with Crippen LogP contribution in [0.3, 0.4) is 0 Å². The Kier molecular flexibility index (Phi) is 6.00. The maximum absolute atomic E-state index is 12.5. The fourth-order valence-corrected chi connectivity index (χ4v) is 3.34. The van der Waals surface area contributed by atoms with Gasteiger partial charge in [-0.1, -0.05) is 26.0 Å². The van der Waals surface area contributed by atoms with Crippen molar-refractivity contribution in [2.24, 2.45) is 5.92 Å². The SMILES string of the molecule is CC(C)C(CNC(=O)Cn1cnc2ccccc2c1=O)N1CCOCC1. The Hall–Kier alpha value is -2.25. The third-order valence-corrected chi connectivity index (χ3v) is 4.84. The number of carbonyl (C=O) groups excluding carboxylic acids is 1. The molecule has 0 bridgehead atoms. The van der Waals surface area contributed by atoms with Crippen LogP contribution in [-0.2, 0) is 16.1 Å². The van der Waals surface area contributed by atoms with Gasteiger partial charge in [-0.15, -0.1) is 0 Å². The van der Waals surface area contributed by atoms with Crippen LogP contribution >= 0.6 is 0 Å². The number of aromatic nitrogens is 2. The van der Waals surface area contributed by atoms with E-state index >= 15 is 0 Å². The largest absolute Gasteiger partial charge is 0.379 e. The van der Waals surface area contributed by atoms with Gasteiger partial charge in [0.05, 0.1) is 30.4 Å². The summed E-state index contributed by atoms with van der Waals surface area (Å²) >= 11 is 0. The van der Waals surface area contributed by atoms with Gasteiger partial charge in [0.25, 0.3) is 5.56 Å². The maximum atomic E-state index is 12.5. The highest BCUT2D eigenvalue weighted by molar-refractivity contribution is 5.78. The van der Waals surface area contributed by atoms with Crippen LogP contribution in [0.1, 0.15) is 13.8 Å². The molecule has 0 aliphatic carbocycles. The number of nitrogens with zero attached hydrogens (tertiary/aromatic N) is 3. The molecule has 1 atom stereocenters. The van der Waals surface area contributed by atoms with Gasteiger partial charge in [0.2, 0.25) is 5.91 Å². The van der Waals surface area contributed by atoms with Crippen molar-refractivity contribution in [1.82, 2.24) is 19.8 Å². The lowest BCUT2D eigenvalue weighted by atomic mass is 10.0. The third kappa shape index (κ3) is 4.28. The van der Waals surface area contributed by atoms with E-state index in [0.717, 1.165) is 26.3 Å². The number of fused-ring (bicyclic) bond motifs is 1. The number of para-hydroxylation sites is 1. The molecule has 1 fully saturated rings. The number of hydrogen-bond donors (Lipinski definition) is 1. The molecule has 0 spiro atoms. The highest BCUT2D eigenvalue weighted by Gasteiger charge is 2.24. The van der Waals surface area contributed by atoms with Gasteiger partial charge in [0, 0.05) is 25.7 Å². The molecule has 26 heavy (non-hydrogen) atoms. The summed E-state index contributed by atoms with van der Waals surface area (Å²) in [7, 11) is 0. The molecule has 7 nitrogen and oxygen atoms in total. The number of morpholine rings is 1. The first kappa shape index (κ1) is 18.5. The number of rotatable bonds is 6. The van der Waals surface area contributed by atoms with Crippen molar-refractivity contribution in [2.75, 3.05) is 32.8 Å². The molecule has 0 saturated carbocycles. The third-order valence-electron chi connectivity index (χ3n) is 4.84. The molecule has 2 heterocycles. The monoisotopic (exact) mass is 358 g/mol. The van der Waals surface area contributed by atoms with E-state index in [4.69, 9.17) is 4.74 Å². The summed E-state index contributed by atoms with van der Waals surface area (Å²) < 4.78 is 6.77. The smallest absolute Gasteiger partial charge is 0.261 e. The Morgan fingerprint density at radius 1 is 1.27 bits per heavy atom. The van der Waals surface area contributed by atoms with E-state index in [1.807, 2.05) is 6.07 Å². The Balaban J connectivity index is 1.63. The number of nitrogens with one attached hydrogen (secondary N) is 1. The zero-order valence-corrected chi connectivity index (χ0v) is 15.4. The van der Waals surface area contributed by atoms with Gasteiger partial charge >= 0.3 is 0 Å². The van der Waals surface area contributed by atoms with E-state index in [2.05, 4.69) is 29.0 Å². The number of hydrogen-bond acceptors (Lipinski definition) is 5. The molecule has 1 amide bonds. The number of carbonyl (C=O) groups is 1. The number of amides is 1. The van der Waals surface area contributed by atoms with E-state index in [0.29, 0.717) is 23.4 Å². The fraction of sp³-hybridized carbons (Fsp3) is 0.526. The second-order valence-electron chi connectivity index (χ2n) is 6.96. The van der Waals surface area contributed by atoms with Crippen LogP contribution in [-0.4, -0.2) is 59.2 Å².